The Labute approximate surface area is 206 Å². The first-order chi connectivity index (χ1) is 17.1. The minimum atomic E-state index is -0.361. The molecule has 1 aliphatic rings. The van der Waals surface area contributed by atoms with Gasteiger partial charge in [0.15, 0.2) is 0 Å². The fraction of sp³-hybridized carbons (Fsp3) is 0.240. The first kappa shape index (κ1) is 24.2. The Kier molecular flexibility index (Phi) is 7.58. The topological polar surface area (TPSA) is 123 Å². The summed E-state index contributed by atoms with van der Waals surface area (Å²) in [5, 5.41) is 35.6. The minimum absolute atomic E-state index is 0.361. The molecular formula is C25H23N7O2S. The zero-order valence-electron chi connectivity index (χ0n) is 19.1. The van der Waals surface area contributed by atoms with Crippen molar-refractivity contribution < 1.29 is 9.90 Å². The molecule has 9 nitrogen and oxygen atoms in total. The van der Waals surface area contributed by atoms with Crippen molar-refractivity contribution in [3.63, 3.8) is 0 Å². The number of aldehydes is 1. The Hall–Kier alpha value is -3.96. The number of hydrogen-bond acceptors (Lipinski definition) is 8. The molecule has 0 amide bonds. The number of hydrogen-bond donors (Lipinski definition) is 1. The van der Waals surface area contributed by atoms with Crippen LogP contribution in [0.4, 0.5) is 0 Å². The average Bonchev–Trinajstić information content (AvgIpc) is 3.63. The number of aromatic nitrogens is 4. The lowest BCUT2D eigenvalue weighted by molar-refractivity contribution is -0.110. The summed E-state index contributed by atoms with van der Waals surface area (Å²) < 4.78 is 3.79. The van der Waals surface area contributed by atoms with E-state index in [2.05, 4.69) is 46.5 Å². The van der Waals surface area contributed by atoms with Crippen molar-refractivity contribution in [3.8, 4) is 23.3 Å². The number of aliphatic hydroxyl groups is 1. The molecule has 35 heavy (non-hydrogen) atoms. The third kappa shape index (κ3) is 5.26. The van der Waals surface area contributed by atoms with Crippen molar-refractivity contribution in [2.24, 2.45) is 0 Å². The standard InChI is InChI=1S/C23H19N7S.C2H4O2/c1-28-7-6-20(15-28)29-14-19(12-26-29)17-8-22(23-18(10-25)11-27-30(23)13-17)31-21-5-3-2-4-16(21)9-24;3-1-2-4/h2-5,8,11-14,20H,6-7,15H2,1H3;1,4H,2H2. The molecule has 4 heterocycles. The number of carbonyl (C=O) groups excluding carboxylic acids is 1. The summed E-state index contributed by atoms with van der Waals surface area (Å²) in [6, 6.07) is 14.4. The molecule has 1 aromatic carbocycles. The van der Waals surface area contributed by atoms with Gasteiger partial charge in [0.05, 0.1) is 41.7 Å². The zero-order chi connectivity index (χ0) is 24.8. The predicted molar refractivity (Wildman–Crippen MR) is 131 cm³/mol. The van der Waals surface area contributed by atoms with Crippen molar-refractivity contribution >= 4 is 23.6 Å². The molecule has 1 saturated heterocycles. The van der Waals surface area contributed by atoms with Crippen LogP contribution in [0.1, 0.15) is 23.6 Å². The molecule has 0 aliphatic carbocycles. The number of likely N-dealkylation sites (tertiary alicyclic amines) is 1. The number of fused-ring (bicyclic) bond motifs is 1. The largest absolute Gasteiger partial charge is 0.389 e. The molecule has 5 rings (SSSR count). The van der Waals surface area contributed by atoms with Gasteiger partial charge in [0, 0.05) is 39.9 Å². The molecule has 0 bridgehead atoms. The molecule has 1 aliphatic heterocycles. The lowest BCUT2D eigenvalue weighted by Crippen LogP contribution is -2.16. The van der Waals surface area contributed by atoms with Crippen LogP contribution in [-0.4, -0.2) is 62.4 Å². The van der Waals surface area contributed by atoms with Gasteiger partial charge in [-0.1, -0.05) is 23.9 Å². The number of benzene rings is 1. The predicted octanol–water partition coefficient (Wildman–Crippen LogP) is 3.15. The normalized spacial score (nSPS) is 15.3. The molecule has 4 aromatic rings. The number of nitrogens with zero attached hydrogens (tertiary/aromatic N) is 7. The molecular weight excluding hydrogens is 462 g/mol. The van der Waals surface area contributed by atoms with E-state index in [0.29, 0.717) is 23.5 Å². The molecule has 1 atom stereocenters. The molecule has 3 aromatic heterocycles. The number of rotatable bonds is 5. The van der Waals surface area contributed by atoms with Crippen LogP contribution in [0.3, 0.4) is 0 Å². The molecule has 0 spiro atoms. The minimum Gasteiger partial charge on any atom is -0.389 e. The van der Waals surface area contributed by atoms with E-state index in [1.54, 1.807) is 16.8 Å². The zero-order valence-corrected chi connectivity index (χ0v) is 19.9. The van der Waals surface area contributed by atoms with Gasteiger partial charge in [0.25, 0.3) is 0 Å². The summed E-state index contributed by atoms with van der Waals surface area (Å²) in [7, 11) is 2.13. The van der Waals surface area contributed by atoms with Gasteiger partial charge in [-0.3, -0.25) is 4.68 Å². The third-order valence-electron chi connectivity index (χ3n) is 5.67. The maximum Gasteiger partial charge on any atom is 0.145 e. The summed E-state index contributed by atoms with van der Waals surface area (Å²) in [6.45, 7) is 1.71. The van der Waals surface area contributed by atoms with Crippen LogP contribution >= 0.6 is 11.8 Å². The fourth-order valence-electron chi connectivity index (χ4n) is 3.98. The van der Waals surface area contributed by atoms with E-state index < -0.39 is 0 Å². The van der Waals surface area contributed by atoms with Crippen molar-refractivity contribution in [2.75, 3.05) is 26.7 Å². The van der Waals surface area contributed by atoms with Gasteiger partial charge in [-0.15, -0.1) is 0 Å². The van der Waals surface area contributed by atoms with Gasteiger partial charge in [-0.05, 0) is 38.2 Å². The maximum absolute atomic E-state index is 9.57. The first-order valence-corrected chi connectivity index (χ1v) is 11.8. The summed E-state index contributed by atoms with van der Waals surface area (Å²) in [6.07, 6.45) is 8.99. The summed E-state index contributed by atoms with van der Waals surface area (Å²) >= 11 is 1.48. The van der Waals surface area contributed by atoms with Gasteiger partial charge in [0.2, 0.25) is 0 Å². The highest BCUT2D eigenvalue weighted by atomic mass is 32.2. The number of likely N-dealkylation sites (N-methyl/N-ethyl adjacent to an activating group) is 1. The van der Waals surface area contributed by atoms with E-state index in [1.807, 2.05) is 35.3 Å². The van der Waals surface area contributed by atoms with Gasteiger partial charge in [-0.2, -0.15) is 20.7 Å². The van der Waals surface area contributed by atoms with E-state index in [-0.39, 0.29) is 6.61 Å². The molecule has 1 unspecified atom stereocenters. The lowest BCUT2D eigenvalue weighted by Gasteiger charge is -2.11. The second-order valence-corrected chi connectivity index (χ2v) is 9.11. The van der Waals surface area contributed by atoms with Crippen molar-refractivity contribution in [1.29, 1.82) is 10.5 Å². The quantitative estimate of drug-likeness (QED) is 0.428. The van der Waals surface area contributed by atoms with E-state index >= 15 is 0 Å². The molecule has 176 valence electrons. The molecule has 1 N–H and O–H groups in total. The second kappa shape index (κ2) is 11.0. The molecule has 0 saturated carbocycles. The van der Waals surface area contributed by atoms with Gasteiger partial charge in [0.1, 0.15) is 18.4 Å². The highest BCUT2D eigenvalue weighted by Crippen LogP contribution is 2.37. The summed E-state index contributed by atoms with van der Waals surface area (Å²) in [5.74, 6) is 0. The van der Waals surface area contributed by atoms with Crippen LogP contribution in [-0.2, 0) is 4.79 Å². The van der Waals surface area contributed by atoms with Gasteiger partial charge >= 0.3 is 0 Å². The van der Waals surface area contributed by atoms with Crippen LogP contribution in [0.5, 0.6) is 0 Å². The van der Waals surface area contributed by atoms with Crippen molar-refractivity contribution in [2.45, 2.75) is 22.3 Å². The number of nitriles is 2. The first-order valence-electron chi connectivity index (χ1n) is 10.9. The second-order valence-electron chi connectivity index (χ2n) is 8.03. The van der Waals surface area contributed by atoms with Crippen molar-refractivity contribution in [1.82, 2.24) is 24.3 Å². The Morgan fingerprint density at radius 3 is 2.57 bits per heavy atom. The highest BCUT2D eigenvalue weighted by molar-refractivity contribution is 7.99. The Morgan fingerprint density at radius 1 is 1.11 bits per heavy atom. The molecule has 1 fully saturated rings. The molecule has 0 radical (unpaired) electrons. The number of pyridine rings is 1. The van der Waals surface area contributed by atoms with Gasteiger partial charge < -0.3 is 14.8 Å². The Morgan fingerprint density at radius 2 is 1.89 bits per heavy atom. The molecule has 10 heteroatoms. The van der Waals surface area contributed by atoms with Crippen LogP contribution in [0, 0.1) is 22.7 Å². The van der Waals surface area contributed by atoms with Crippen LogP contribution < -0.4 is 0 Å². The number of aliphatic hydroxyl groups excluding tert-OH is 1. The van der Waals surface area contributed by atoms with E-state index in [4.69, 9.17) is 9.90 Å². The average molecular weight is 486 g/mol. The Bertz CT molecular complexity index is 1430. The Balaban J connectivity index is 0.000000672. The van der Waals surface area contributed by atoms with E-state index in [1.165, 1.54) is 11.8 Å². The number of carbonyl (C=O) groups is 1. The van der Waals surface area contributed by atoms with E-state index in [9.17, 15) is 10.5 Å². The SMILES string of the molecule is CN1CCC(n2cc(-c3cc(Sc4ccccc4C#N)c4c(C#N)cnn4c3)cn2)C1.O=CCO. The summed E-state index contributed by atoms with van der Waals surface area (Å²) in [4.78, 5) is 13.0. The van der Waals surface area contributed by atoms with Crippen LogP contribution in [0.15, 0.2) is 64.9 Å². The maximum atomic E-state index is 9.57. The monoisotopic (exact) mass is 485 g/mol. The third-order valence-corrected chi connectivity index (χ3v) is 6.78. The van der Waals surface area contributed by atoms with Crippen LogP contribution in [0.25, 0.3) is 16.6 Å². The van der Waals surface area contributed by atoms with Crippen molar-refractivity contribution in [3.05, 3.63) is 66.2 Å². The smallest absolute Gasteiger partial charge is 0.145 e. The lowest BCUT2D eigenvalue weighted by atomic mass is 10.1. The fourth-order valence-corrected chi connectivity index (χ4v) is 5.08. The van der Waals surface area contributed by atoms with Crippen LogP contribution in [0.2, 0.25) is 0 Å². The highest BCUT2D eigenvalue weighted by Gasteiger charge is 2.22. The summed E-state index contributed by atoms with van der Waals surface area (Å²) in [5.41, 5.74) is 3.82. The van der Waals surface area contributed by atoms with E-state index in [0.717, 1.165) is 45.9 Å². The van der Waals surface area contributed by atoms with Gasteiger partial charge in [-0.25, -0.2) is 4.52 Å².